The van der Waals surface area contributed by atoms with Gasteiger partial charge in [0.25, 0.3) is 0 Å². The standard InChI is InChI=1S/C11H21NO3/c1-8(11(14-3)15-4)9-7-12(2)6-5-10(9)13/h8-9,11H,5-7H2,1-4H3. The first kappa shape index (κ1) is 12.6. The van der Waals surface area contributed by atoms with E-state index in [-0.39, 0.29) is 18.1 Å². The molecule has 0 aromatic heterocycles. The number of ketones is 1. The van der Waals surface area contributed by atoms with Crippen molar-refractivity contribution in [3.8, 4) is 0 Å². The number of piperidine rings is 1. The monoisotopic (exact) mass is 215 g/mol. The van der Waals surface area contributed by atoms with Gasteiger partial charge in [-0.1, -0.05) is 6.92 Å². The Morgan fingerprint density at radius 1 is 1.40 bits per heavy atom. The first-order valence-electron chi connectivity index (χ1n) is 5.37. The molecule has 2 unspecified atom stereocenters. The van der Waals surface area contributed by atoms with Crippen LogP contribution in [-0.2, 0) is 14.3 Å². The molecule has 1 heterocycles. The molecule has 0 spiro atoms. The number of carbonyl (C=O) groups excluding carboxylic acids is 1. The van der Waals surface area contributed by atoms with E-state index in [0.29, 0.717) is 12.2 Å². The van der Waals surface area contributed by atoms with Crippen LogP contribution < -0.4 is 0 Å². The molecule has 0 radical (unpaired) electrons. The molecule has 1 fully saturated rings. The maximum absolute atomic E-state index is 11.8. The molecular formula is C11H21NO3. The van der Waals surface area contributed by atoms with Crippen LogP contribution in [0, 0.1) is 11.8 Å². The zero-order valence-electron chi connectivity index (χ0n) is 10.0. The molecule has 0 bridgehead atoms. The molecule has 0 N–H and O–H groups in total. The van der Waals surface area contributed by atoms with Gasteiger partial charge in [0.15, 0.2) is 6.29 Å². The van der Waals surface area contributed by atoms with Gasteiger partial charge in [0, 0.05) is 45.6 Å². The number of carbonyl (C=O) groups is 1. The second-order valence-corrected chi connectivity index (χ2v) is 4.28. The van der Waals surface area contributed by atoms with Crippen molar-refractivity contribution >= 4 is 5.78 Å². The van der Waals surface area contributed by atoms with Crippen molar-refractivity contribution in [1.29, 1.82) is 0 Å². The number of Topliss-reactive ketones (excluding diaryl/α,β-unsaturated/α-hetero) is 1. The Morgan fingerprint density at radius 2 is 2.00 bits per heavy atom. The average molecular weight is 215 g/mol. The lowest BCUT2D eigenvalue weighted by atomic mass is 9.85. The van der Waals surface area contributed by atoms with Crippen molar-refractivity contribution < 1.29 is 14.3 Å². The van der Waals surface area contributed by atoms with Crippen LogP contribution in [0.25, 0.3) is 0 Å². The zero-order chi connectivity index (χ0) is 11.4. The number of methoxy groups -OCH3 is 2. The van der Waals surface area contributed by atoms with Crippen molar-refractivity contribution in [3.63, 3.8) is 0 Å². The summed E-state index contributed by atoms with van der Waals surface area (Å²) in [6.45, 7) is 3.69. The lowest BCUT2D eigenvalue weighted by Crippen LogP contribution is -2.44. The minimum Gasteiger partial charge on any atom is -0.356 e. The Balaban J connectivity index is 2.63. The molecule has 1 rings (SSSR count). The van der Waals surface area contributed by atoms with Crippen LogP contribution in [0.2, 0.25) is 0 Å². The number of likely N-dealkylation sites (tertiary alicyclic amines) is 1. The van der Waals surface area contributed by atoms with Crippen LogP contribution in [0.5, 0.6) is 0 Å². The summed E-state index contributed by atoms with van der Waals surface area (Å²) in [5.41, 5.74) is 0. The van der Waals surface area contributed by atoms with Gasteiger partial charge in [-0.2, -0.15) is 0 Å². The van der Waals surface area contributed by atoms with E-state index < -0.39 is 0 Å². The average Bonchev–Trinajstić information content (AvgIpc) is 2.23. The first-order valence-corrected chi connectivity index (χ1v) is 5.37. The van der Waals surface area contributed by atoms with Gasteiger partial charge in [-0.25, -0.2) is 0 Å². The highest BCUT2D eigenvalue weighted by Gasteiger charge is 2.34. The summed E-state index contributed by atoms with van der Waals surface area (Å²) in [5, 5.41) is 0. The number of hydrogen-bond donors (Lipinski definition) is 0. The Labute approximate surface area is 91.5 Å². The minimum absolute atomic E-state index is 0.0358. The van der Waals surface area contributed by atoms with Crippen LogP contribution in [0.3, 0.4) is 0 Å². The maximum Gasteiger partial charge on any atom is 0.160 e. The third-order valence-electron chi connectivity index (χ3n) is 3.19. The van der Waals surface area contributed by atoms with E-state index in [1.165, 1.54) is 0 Å². The third kappa shape index (κ3) is 3.00. The van der Waals surface area contributed by atoms with Crippen molar-refractivity contribution in [2.24, 2.45) is 11.8 Å². The molecule has 4 nitrogen and oxygen atoms in total. The molecule has 4 heteroatoms. The predicted molar refractivity (Wildman–Crippen MR) is 57.6 cm³/mol. The van der Waals surface area contributed by atoms with Gasteiger partial charge in [-0.3, -0.25) is 4.79 Å². The Hall–Kier alpha value is -0.450. The molecule has 2 atom stereocenters. The van der Waals surface area contributed by atoms with Gasteiger partial charge in [0.05, 0.1) is 0 Å². The van der Waals surface area contributed by atoms with E-state index in [0.717, 1.165) is 13.1 Å². The lowest BCUT2D eigenvalue weighted by Gasteiger charge is -2.34. The van der Waals surface area contributed by atoms with E-state index >= 15 is 0 Å². The Kier molecular flexibility index (Phi) is 4.70. The van der Waals surface area contributed by atoms with Gasteiger partial charge in [0.1, 0.15) is 5.78 Å². The summed E-state index contributed by atoms with van der Waals surface area (Å²) in [5.74, 6) is 0.476. The Morgan fingerprint density at radius 3 is 2.53 bits per heavy atom. The first-order chi connectivity index (χ1) is 7.10. The normalized spacial score (nSPS) is 25.9. The molecule has 0 saturated carbocycles. The van der Waals surface area contributed by atoms with Gasteiger partial charge < -0.3 is 14.4 Å². The highest BCUT2D eigenvalue weighted by Crippen LogP contribution is 2.24. The van der Waals surface area contributed by atoms with Crippen LogP contribution in [0.4, 0.5) is 0 Å². The summed E-state index contributed by atoms with van der Waals surface area (Å²) in [4.78, 5) is 14.0. The molecular weight excluding hydrogens is 194 g/mol. The smallest absolute Gasteiger partial charge is 0.160 e. The summed E-state index contributed by atoms with van der Waals surface area (Å²) >= 11 is 0. The molecule has 15 heavy (non-hydrogen) atoms. The van der Waals surface area contributed by atoms with E-state index in [1.807, 2.05) is 14.0 Å². The SMILES string of the molecule is COC(OC)C(C)C1CN(C)CCC1=O. The largest absolute Gasteiger partial charge is 0.356 e. The van der Waals surface area contributed by atoms with Crippen molar-refractivity contribution in [3.05, 3.63) is 0 Å². The summed E-state index contributed by atoms with van der Waals surface area (Å²) in [6, 6.07) is 0. The molecule has 0 amide bonds. The molecule has 0 aromatic carbocycles. The highest BCUT2D eigenvalue weighted by molar-refractivity contribution is 5.82. The molecule has 1 aliphatic rings. The van der Waals surface area contributed by atoms with E-state index in [9.17, 15) is 4.79 Å². The molecule has 0 aliphatic carbocycles. The molecule has 0 aromatic rings. The predicted octanol–water partition coefficient (Wildman–Crippen LogP) is 0.762. The fraction of sp³-hybridized carbons (Fsp3) is 0.909. The molecule has 1 saturated heterocycles. The van der Waals surface area contributed by atoms with E-state index in [4.69, 9.17) is 9.47 Å². The van der Waals surface area contributed by atoms with Crippen LogP contribution in [0.1, 0.15) is 13.3 Å². The summed E-state index contributed by atoms with van der Waals surface area (Å²) in [6.07, 6.45) is 0.358. The maximum atomic E-state index is 11.8. The lowest BCUT2D eigenvalue weighted by molar-refractivity contribution is -0.158. The number of ether oxygens (including phenoxy) is 2. The number of nitrogens with zero attached hydrogens (tertiary/aromatic N) is 1. The van der Waals surface area contributed by atoms with E-state index in [2.05, 4.69) is 4.90 Å². The van der Waals surface area contributed by atoms with Crippen LogP contribution in [-0.4, -0.2) is 51.3 Å². The van der Waals surface area contributed by atoms with Gasteiger partial charge in [-0.05, 0) is 7.05 Å². The van der Waals surface area contributed by atoms with Gasteiger partial charge >= 0.3 is 0 Å². The second-order valence-electron chi connectivity index (χ2n) is 4.28. The number of rotatable bonds is 4. The Bertz CT molecular complexity index is 216. The highest BCUT2D eigenvalue weighted by atomic mass is 16.7. The zero-order valence-corrected chi connectivity index (χ0v) is 10.0. The molecule has 1 aliphatic heterocycles. The second kappa shape index (κ2) is 5.58. The minimum atomic E-state index is -0.287. The third-order valence-corrected chi connectivity index (χ3v) is 3.19. The topological polar surface area (TPSA) is 38.8 Å². The van der Waals surface area contributed by atoms with E-state index in [1.54, 1.807) is 14.2 Å². The summed E-state index contributed by atoms with van der Waals surface area (Å²) in [7, 11) is 5.27. The van der Waals surface area contributed by atoms with Crippen molar-refractivity contribution in [2.45, 2.75) is 19.6 Å². The van der Waals surface area contributed by atoms with Gasteiger partial charge in [-0.15, -0.1) is 0 Å². The fourth-order valence-electron chi connectivity index (χ4n) is 2.19. The van der Waals surface area contributed by atoms with Crippen LogP contribution >= 0.6 is 0 Å². The molecule has 88 valence electrons. The number of hydrogen-bond acceptors (Lipinski definition) is 4. The summed E-state index contributed by atoms with van der Waals surface area (Å²) < 4.78 is 10.4. The van der Waals surface area contributed by atoms with Gasteiger partial charge in [0.2, 0.25) is 0 Å². The van der Waals surface area contributed by atoms with Crippen molar-refractivity contribution in [2.75, 3.05) is 34.4 Å². The van der Waals surface area contributed by atoms with Crippen LogP contribution in [0.15, 0.2) is 0 Å². The quantitative estimate of drug-likeness (QED) is 0.649. The van der Waals surface area contributed by atoms with Crippen molar-refractivity contribution in [1.82, 2.24) is 4.90 Å². The fourth-order valence-corrected chi connectivity index (χ4v) is 2.19.